The van der Waals surface area contributed by atoms with E-state index in [1.165, 1.54) is 0 Å². The number of carbonyl (C=O) groups is 1. The Morgan fingerprint density at radius 3 is 1.76 bits per heavy atom. The molecular formula is C24H31NO3S. The smallest absolute Gasteiger partial charge is 0.265 e. The molecule has 2 aromatic rings. The monoisotopic (exact) mass is 413 g/mol. The Morgan fingerprint density at radius 2 is 1.34 bits per heavy atom. The fourth-order valence-corrected chi connectivity index (χ4v) is 4.17. The number of rotatable bonds is 4. The molecule has 1 N–H and O–H groups in total. The van der Waals surface area contributed by atoms with Crippen LogP contribution in [0, 0.1) is 0 Å². The summed E-state index contributed by atoms with van der Waals surface area (Å²) in [5.41, 5.74) is 3.20. The van der Waals surface area contributed by atoms with Gasteiger partial charge in [0.15, 0.2) is 0 Å². The van der Waals surface area contributed by atoms with Crippen LogP contribution in [0.25, 0.3) is 0 Å². The maximum Gasteiger partial charge on any atom is 0.265 e. The Labute approximate surface area is 174 Å². The van der Waals surface area contributed by atoms with Crippen LogP contribution in [0.3, 0.4) is 0 Å². The summed E-state index contributed by atoms with van der Waals surface area (Å²) < 4.78 is 27.7. The second-order valence-electron chi connectivity index (χ2n) is 10.1. The van der Waals surface area contributed by atoms with Crippen molar-refractivity contribution in [1.82, 2.24) is 4.72 Å². The Kier molecular flexibility index (Phi) is 5.41. The van der Waals surface area contributed by atoms with E-state index in [1.54, 1.807) is 24.3 Å². The van der Waals surface area contributed by atoms with Gasteiger partial charge in [-0.25, -0.2) is 13.1 Å². The third kappa shape index (κ3) is 5.08. The first-order valence-corrected chi connectivity index (χ1v) is 11.6. The standard InChI is InChI=1S/C24H31NO3S/c1-23(2,3)19-13-18(14-20(15-19)24(4,5)6)22(26)25-29(27,28)21-11-9-17(10-12-21)16-7-8-16/h9-16H,7-8H2,1-6H3,(H,25,26). The summed E-state index contributed by atoms with van der Waals surface area (Å²) in [6.07, 6.45) is 2.31. The summed E-state index contributed by atoms with van der Waals surface area (Å²) in [5, 5.41) is 0. The molecule has 2 aromatic carbocycles. The molecule has 1 aliphatic rings. The molecule has 156 valence electrons. The van der Waals surface area contributed by atoms with Gasteiger partial charge in [0, 0.05) is 5.56 Å². The minimum Gasteiger partial charge on any atom is -0.268 e. The number of hydrogen-bond donors (Lipinski definition) is 1. The van der Waals surface area contributed by atoms with Crippen LogP contribution in [0.2, 0.25) is 0 Å². The van der Waals surface area contributed by atoms with Gasteiger partial charge in [-0.05, 0) is 70.5 Å². The Balaban J connectivity index is 1.90. The average molecular weight is 414 g/mol. The molecule has 1 amide bonds. The summed E-state index contributed by atoms with van der Waals surface area (Å²) in [4.78, 5) is 13.0. The molecule has 4 nitrogen and oxygen atoms in total. The van der Waals surface area contributed by atoms with Crippen LogP contribution in [0.4, 0.5) is 0 Å². The molecular weight excluding hydrogens is 382 g/mol. The molecule has 0 atom stereocenters. The maximum absolute atomic E-state index is 12.9. The summed E-state index contributed by atoms with van der Waals surface area (Å²) in [7, 11) is -3.93. The van der Waals surface area contributed by atoms with Gasteiger partial charge in [0.25, 0.3) is 15.9 Å². The molecule has 29 heavy (non-hydrogen) atoms. The molecule has 0 bridgehead atoms. The number of nitrogens with one attached hydrogen (secondary N) is 1. The largest absolute Gasteiger partial charge is 0.268 e. The van der Waals surface area contributed by atoms with Crippen molar-refractivity contribution in [3.63, 3.8) is 0 Å². The van der Waals surface area contributed by atoms with Crippen LogP contribution < -0.4 is 4.72 Å². The number of hydrogen-bond acceptors (Lipinski definition) is 3. The number of carbonyl (C=O) groups excluding carboxylic acids is 1. The Bertz CT molecular complexity index is 987. The van der Waals surface area contributed by atoms with Gasteiger partial charge in [-0.15, -0.1) is 0 Å². The molecule has 3 rings (SSSR count). The van der Waals surface area contributed by atoms with Gasteiger partial charge in [0.1, 0.15) is 0 Å². The van der Waals surface area contributed by atoms with Crippen molar-refractivity contribution in [2.24, 2.45) is 0 Å². The van der Waals surface area contributed by atoms with E-state index in [4.69, 9.17) is 0 Å². The van der Waals surface area contributed by atoms with Gasteiger partial charge in [-0.1, -0.05) is 59.7 Å². The van der Waals surface area contributed by atoms with Crippen molar-refractivity contribution >= 4 is 15.9 Å². The summed E-state index contributed by atoms with van der Waals surface area (Å²) in [5.74, 6) is -0.0508. The fourth-order valence-electron chi connectivity index (χ4n) is 3.20. The van der Waals surface area contributed by atoms with E-state index in [2.05, 4.69) is 52.3 Å². The highest BCUT2D eigenvalue weighted by Crippen LogP contribution is 2.40. The number of sulfonamides is 1. The molecule has 0 radical (unpaired) electrons. The van der Waals surface area contributed by atoms with E-state index in [0.717, 1.165) is 29.5 Å². The fraction of sp³-hybridized carbons (Fsp3) is 0.458. The first-order chi connectivity index (χ1) is 13.3. The highest BCUT2D eigenvalue weighted by molar-refractivity contribution is 7.90. The van der Waals surface area contributed by atoms with Crippen LogP contribution >= 0.6 is 0 Å². The average Bonchev–Trinajstić information content (AvgIpc) is 3.44. The predicted molar refractivity (Wildman–Crippen MR) is 117 cm³/mol. The zero-order valence-corrected chi connectivity index (χ0v) is 19.0. The second kappa shape index (κ2) is 7.28. The first kappa shape index (κ1) is 21.6. The van der Waals surface area contributed by atoms with Gasteiger partial charge in [0.2, 0.25) is 0 Å². The zero-order valence-electron chi connectivity index (χ0n) is 18.2. The van der Waals surface area contributed by atoms with E-state index in [1.807, 2.05) is 12.1 Å². The topological polar surface area (TPSA) is 63.2 Å². The zero-order chi connectivity index (χ0) is 21.6. The molecule has 1 saturated carbocycles. The van der Waals surface area contributed by atoms with Crippen LogP contribution in [0.1, 0.15) is 87.4 Å². The first-order valence-electron chi connectivity index (χ1n) is 10.1. The molecule has 1 aliphatic carbocycles. The van der Waals surface area contributed by atoms with Crippen molar-refractivity contribution < 1.29 is 13.2 Å². The van der Waals surface area contributed by atoms with E-state index >= 15 is 0 Å². The van der Waals surface area contributed by atoms with E-state index in [0.29, 0.717) is 11.5 Å². The molecule has 5 heteroatoms. The Morgan fingerprint density at radius 1 is 0.862 bits per heavy atom. The van der Waals surface area contributed by atoms with Gasteiger partial charge < -0.3 is 0 Å². The molecule has 0 aromatic heterocycles. The SMILES string of the molecule is CC(C)(C)c1cc(C(=O)NS(=O)(=O)c2ccc(C3CC3)cc2)cc(C(C)(C)C)c1. The summed E-state index contributed by atoms with van der Waals surface area (Å²) in [6, 6.07) is 12.5. The Hall–Kier alpha value is -2.14. The molecule has 1 fully saturated rings. The van der Waals surface area contributed by atoms with Gasteiger partial charge in [0.05, 0.1) is 4.90 Å². The molecule has 0 spiro atoms. The van der Waals surface area contributed by atoms with Gasteiger partial charge in [-0.3, -0.25) is 4.79 Å². The normalized spacial score (nSPS) is 15.2. The highest BCUT2D eigenvalue weighted by Gasteiger charge is 2.26. The van der Waals surface area contributed by atoms with Crippen molar-refractivity contribution in [2.75, 3.05) is 0 Å². The van der Waals surface area contributed by atoms with Crippen LogP contribution in [0.5, 0.6) is 0 Å². The van der Waals surface area contributed by atoms with Crippen molar-refractivity contribution in [1.29, 1.82) is 0 Å². The lowest BCUT2D eigenvalue weighted by Crippen LogP contribution is -2.31. The number of amides is 1. The highest BCUT2D eigenvalue weighted by atomic mass is 32.2. The molecule has 0 unspecified atom stereocenters. The predicted octanol–water partition coefficient (Wildman–Crippen LogP) is 5.28. The third-order valence-corrected chi connectivity index (χ3v) is 6.74. The van der Waals surface area contributed by atoms with E-state index in [9.17, 15) is 13.2 Å². The number of benzene rings is 2. The lowest BCUT2D eigenvalue weighted by atomic mass is 9.79. The summed E-state index contributed by atoms with van der Waals surface area (Å²) in [6.45, 7) is 12.5. The minimum atomic E-state index is -3.93. The molecule has 0 heterocycles. The van der Waals surface area contributed by atoms with Crippen LogP contribution in [-0.4, -0.2) is 14.3 Å². The minimum absolute atomic E-state index is 0.110. The van der Waals surface area contributed by atoms with E-state index < -0.39 is 15.9 Å². The third-order valence-electron chi connectivity index (χ3n) is 5.39. The maximum atomic E-state index is 12.9. The van der Waals surface area contributed by atoms with Crippen molar-refractivity contribution in [2.45, 2.75) is 76.0 Å². The van der Waals surface area contributed by atoms with Crippen LogP contribution in [-0.2, 0) is 20.9 Å². The quantitative estimate of drug-likeness (QED) is 0.742. The molecule has 0 aliphatic heterocycles. The van der Waals surface area contributed by atoms with Gasteiger partial charge >= 0.3 is 0 Å². The van der Waals surface area contributed by atoms with Gasteiger partial charge in [-0.2, -0.15) is 0 Å². The second-order valence-corrected chi connectivity index (χ2v) is 11.8. The lowest BCUT2D eigenvalue weighted by Gasteiger charge is -2.26. The summed E-state index contributed by atoms with van der Waals surface area (Å²) >= 11 is 0. The lowest BCUT2D eigenvalue weighted by molar-refractivity contribution is 0.0981. The van der Waals surface area contributed by atoms with Crippen molar-refractivity contribution in [3.05, 3.63) is 64.7 Å². The van der Waals surface area contributed by atoms with E-state index in [-0.39, 0.29) is 15.7 Å². The van der Waals surface area contributed by atoms with Crippen molar-refractivity contribution in [3.8, 4) is 0 Å². The van der Waals surface area contributed by atoms with Crippen LogP contribution in [0.15, 0.2) is 47.4 Å². The molecule has 0 saturated heterocycles.